The number of hydrazine groups is 1. The van der Waals surface area contributed by atoms with Gasteiger partial charge in [0.2, 0.25) is 5.88 Å². The molecule has 0 saturated heterocycles. The number of ether oxygens (including phenoxy) is 1. The highest BCUT2D eigenvalue weighted by Crippen LogP contribution is 2.43. The minimum atomic E-state index is -5.01. The van der Waals surface area contributed by atoms with Crippen LogP contribution in [0.15, 0.2) is 6.07 Å². The molecular formula is C23H32F5N5O2. The summed E-state index contributed by atoms with van der Waals surface area (Å²) in [4.78, 5) is 15.5. The average Bonchev–Trinajstić information content (AvgIpc) is 2.80. The molecule has 12 heteroatoms. The van der Waals surface area contributed by atoms with Crippen molar-refractivity contribution in [1.29, 1.82) is 0 Å². The number of carbonyl (C=O) groups is 1. The number of hydrogen-bond acceptors (Lipinski definition) is 7. The maximum atomic E-state index is 15.1. The van der Waals surface area contributed by atoms with Gasteiger partial charge in [-0.3, -0.25) is 15.6 Å². The number of aromatic nitrogens is 1. The van der Waals surface area contributed by atoms with Gasteiger partial charge in [-0.05, 0) is 52.3 Å². The molecule has 0 amide bonds. The molecule has 1 unspecified atom stereocenters. The SMILES string of the molecule is CCCNNCCC(C)Oc1nc(-c2cc(N)c(F)c(C)c2C(F)(F)F)c(F)c(C)c1C=O.CN. The highest BCUT2D eigenvalue weighted by Gasteiger charge is 2.39. The number of benzene rings is 1. The lowest BCUT2D eigenvalue weighted by atomic mass is 9.95. The van der Waals surface area contributed by atoms with E-state index in [1.54, 1.807) is 6.92 Å². The maximum absolute atomic E-state index is 15.1. The minimum Gasteiger partial charge on any atom is -0.474 e. The van der Waals surface area contributed by atoms with Crippen LogP contribution in [0, 0.1) is 25.5 Å². The predicted octanol–water partition coefficient (Wildman–Crippen LogP) is 4.29. The van der Waals surface area contributed by atoms with E-state index in [-0.39, 0.29) is 17.0 Å². The molecule has 0 spiro atoms. The summed E-state index contributed by atoms with van der Waals surface area (Å²) in [6.07, 6.45) is -3.81. The molecule has 0 aliphatic heterocycles. The van der Waals surface area contributed by atoms with E-state index < -0.39 is 52.0 Å². The maximum Gasteiger partial charge on any atom is 0.417 e. The van der Waals surface area contributed by atoms with Crippen molar-refractivity contribution in [3.63, 3.8) is 0 Å². The number of nitrogens with one attached hydrogen (secondary N) is 2. The number of alkyl halides is 3. The van der Waals surface area contributed by atoms with Crippen LogP contribution in [0.25, 0.3) is 11.3 Å². The van der Waals surface area contributed by atoms with Crippen molar-refractivity contribution in [2.75, 3.05) is 25.9 Å². The van der Waals surface area contributed by atoms with E-state index in [4.69, 9.17) is 10.5 Å². The summed E-state index contributed by atoms with van der Waals surface area (Å²) in [5.41, 5.74) is 11.3. The third-order valence-corrected chi connectivity index (χ3v) is 5.06. The van der Waals surface area contributed by atoms with Crippen molar-refractivity contribution in [2.24, 2.45) is 5.73 Å². The zero-order valence-corrected chi connectivity index (χ0v) is 20.4. The number of carbonyl (C=O) groups excluding carboxylic acids is 1. The summed E-state index contributed by atoms with van der Waals surface area (Å²) < 4.78 is 76.2. The molecule has 35 heavy (non-hydrogen) atoms. The van der Waals surface area contributed by atoms with Gasteiger partial charge in [-0.1, -0.05) is 6.92 Å². The Morgan fingerprint density at radius 3 is 2.26 bits per heavy atom. The molecule has 6 N–H and O–H groups in total. The molecule has 0 radical (unpaired) electrons. The number of nitrogens with zero attached hydrogens (tertiary/aromatic N) is 1. The zero-order chi connectivity index (χ0) is 26.9. The van der Waals surface area contributed by atoms with Crippen LogP contribution >= 0.6 is 0 Å². The molecule has 0 aliphatic carbocycles. The first-order valence-electron chi connectivity index (χ1n) is 10.9. The van der Waals surface area contributed by atoms with Gasteiger partial charge in [-0.2, -0.15) is 13.2 Å². The molecule has 196 valence electrons. The second-order valence-electron chi connectivity index (χ2n) is 7.63. The van der Waals surface area contributed by atoms with Crippen LogP contribution in [-0.2, 0) is 6.18 Å². The quantitative estimate of drug-likeness (QED) is 0.125. The van der Waals surface area contributed by atoms with E-state index in [1.807, 2.05) is 6.92 Å². The van der Waals surface area contributed by atoms with Gasteiger partial charge in [0, 0.05) is 24.2 Å². The molecule has 0 bridgehead atoms. The molecule has 1 atom stereocenters. The Morgan fingerprint density at radius 2 is 1.71 bits per heavy atom. The standard InChI is InChI=1S/C22H27F5N4O2.CH5N/c1-5-7-29-30-8-6-11(2)33-21-15(10-32)12(3)19(24)20(31-21)14-9-16(28)18(23)13(4)17(14)22(25,26)27;1-2/h9-11,29-30H,5-8,28H2,1-4H3;2H2,1H3. The van der Waals surface area contributed by atoms with Gasteiger partial charge in [0.05, 0.1) is 22.9 Å². The van der Waals surface area contributed by atoms with E-state index >= 15 is 4.39 Å². The number of anilines is 1. The van der Waals surface area contributed by atoms with Gasteiger partial charge < -0.3 is 16.2 Å². The molecule has 0 aliphatic rings. The van der Waals surface area contributed by atoms with Gasteiger partial charge >= 0.3 is 6.18 Å². The van der Waals surface area contributed by atoms with Crippen LogP contribution < -0.4 is 27.1 Å². The van der Waals surface area contributed by atoms with Gasteiger partial charge in [-0.25, -0.2) is 13.8 Å². The lowest BCUT2D eigenvalue weighted by Gasteiger charge is -2.21. The van der Waals surface area contributed by atoms with Crippen LogP contribution in [-0.4, -0.2) is 37.5 Å². The number of nitrogen functional groups attached to an aromatic ring is 1. The summed E-state index contributed by atoms with van der Waals surface area (Å²) in [7, 11) is 1.50. The summed E-state index contributed by atoms with van der Waals surface area (Å²) in [6, 6.07) is 0.688. The van der Waals surface area contributed by atoms with Crippen LogP contribution in [0.2, 0.25) is 0 Å². The number of hydrogen-bond donors (Lipinski definition) is 4. The number of aldehydes is 1. The van der Waals surface area contributed by atoms with E-state index in [0.717, 1.165) is 19.9 Å². The average molecular weight is 506 g/mol. The molecule has 1 heterocycles. The lowest BCUT2D eigenvalue weighted by Crippen LogP contribution is -2.35. The molecular weight excluding hydrogens is 473 g/mol. The largest absolute Gasteiger partial charge is 0.474 e. The van der Waals surface area contributed by atoms with E-state index in [0.29, 0.717) is 25.3 Å². The van der Waals surface area contributed by atoms with Crippen molar-refractivity contribution in [3.05, 3.63) is 40.0 Å². The van der Waals surface area contributed by atoms with Crippen LogP contribution in [0.1, 0.15) is 53.7 Å². The lowest BCUT2D eigenvalue weighted by molar-refractivity contribution is -0.137. The van der Waals surface area contributed by atoms with E-state index in [1.165, 1.54) is 14.0 Å². The van der Waals surface area contributed by atoms with Crippen molar-refractivity contribution in [2.45, 2.75) is 52.8 Å². The first-order chi connectivity index (χ1) is 16.4. The van der Waals surface area contributed by atoms with E-state index in [2.05, 4.69) is 21.6 Å². The molecule has 0 fully saturated rings. The third kappa shape index (κ3) is 7.33. The predicted molar refractivity (Wildman–Crippen MR) is 125 cm³/mol. The first kappa shape index (κ1) is 30.2. The Labute approximate surface area is 201 Å². The highest BCUT2D eigenvalue weighted by atomic mass is 19.4. The fourth-order valence-corrected chi connectivity index (χ4v) is 3.27. The molecule has 7 nitrogen and oxygen atoms in total. The summed E-state index contributed by atoms with van der Waals surface area (Å²) >= 11 is 0. The monoisotopic (exact) mass is 505 g/mol. The van der Waals surface area contributed by atoms with Gasteiger partial charge in [0.1, 0.15) is 11.5 Å². The Morgan fingerprint density at radius 1 is 1.11 bits per heavy atom. The number of rotatable bonds is 10. The first-order valence-corrected chi connectivity index (χ1v) is 10.9. The summed E-state index contributed by atoms with van der Waals surface area (Å²) in [6.45, 7) is 7.07. The number of pyridine rings is 1. The zero-order valence-electron chi connectivity index (χ0n) is 20.4. The second-order valence-corrected chi connectivity index (χ2v) is 7.63. The fraction of sp³-hybridized carbons (Fsp3) is 0.478. The van der Waals surface area contributed by atoms with Gasteiger partial charge in [0.25, 0.3) is 0 Å². The fourth-order valence-electron chi connectivity index (χ4n) is 3.27. The number of nitrogens with two attached hydrogens (primary N) is 2. The van der Waals surface area contributed by atoms with Gasteiger partial charge in [0.15, 0.2) is 12.1 Å². The molecule has 2 rings (SSSR count). The van der Waals surface area contributed by atoms with E-state index in [9.17, 15) is 22.4 Å². The third-order valence-electron chi connectivity index (χ3n) is 5.06. The Bertz CT molecular complexity index is 1020. The van der Waals surface area contributed by atoms with Crippen LogP contribution in [0.3, 0.4) is 0 Å². The van der Waals surface area contributed by atoms with Crippen molar-refractivity contribution >= 4 is 12.0 Å². The second kappa shape index (κ2) is 13.3. The highest BCUT2D eigenvalue weighted by molar-refractivity contribution is 5.83. The Balaban J connectivity index is 0.00000298. The number of halogens is 5. The van der Waals surface area contributed by atoms with Crippen molar-refractivity contribution in [1.82, 2.24) is 15.8 Å². The van der Waals surface area contributed by atoms with Gasteiger partial charge in [-0.15, -0.1) is 0 Å². The normalized spacial score (nSPS) is 12.1. The Kier molecular flexibility index (Phi) is 11.5. The van der Waals surface area contributed by atoms with Crippen molar-refractivity contribution < 1.29 is 31.5 Å². The summed E-state index contributed by atoms with van der Waals surface area (Å²) in [5, 5.41) is 0. The molecule has 1 aromatic carbocycles. The molecule has 2 aromatic rings. The summed E-state index contributed by atoms with van der Waals surface area (Å²) in [5.74, 6) is -2.72. The topological polar surface area (TPSA) is 115 Å². The minimum absolute atomic E-state index is 0.222. The molecule has 0 saturated carbocycles. The van der Waals surface area contributed by atoms with Crippen LogP contribution in [0.4, 0.5) is 27.6 Å². The Hall–Kier alpha value is -2.83. The van der Waals surface area contributed by atoms with Crippen molar-refractivity contribution in [3.8, 4) is 17.1 Å². The smallest absolute Gasteiger partial charge is 0.417 e. The molecule has 1 aromatic heterocycles. The van der Waals surface area contributed by atoms with Crippen LogP contribution in [0.5, 0.6) is 5.88 Å².